The van der Waals surface area contributed by atoms with Crippen molar-refractivity contribution in [3.63, 3.8) is 0 Å². The normalized spacial score (nSPS) is 24.9. The van der Waals surface area contributed by atoms with Crippen molar-refractivity contribution in [3.05, 3.63) is 0 Å². The fourth-order valence-electron chi connectivity index (χ4n) is 2.50. The first-order valence-electron chi connectivity index (χ1n) is 7.03. The lowest BCUT2D eigenvalue weighted by molar-refractivity contribution is -0.131. The smallest absolute Gasteiger partial charge is 0.237 e. The molecule has 2 fully saturated rings. The second-order valence-electron chi connectivity index (χ2n) is 5.27. The fraction of sp³-hybridized carbons (Fsp3) is 0.917. The van der Waals surface area contributed by atoms with Crippen LogP contribution in [0.15, 0.2) is 0 Å². The average Bonchev–Trinajstić information content (AvgIpc) is 2.49. The minimum absolute atomic E-state index is 0.0845. The van der Waals surface area contributed by atoms with Gasteiger partial charge in [0.05, 0.1) is 18.4 Å². The largest absolute Gasteiger partial charge is 0.380 e. The lowest BCUT2D eigenvalue weighted by atomic mass is 10.2. The van der Waals surface area contributed by atoms with Gasteiger partial charge in [-0.2, -0.15) is 4.31 Å². The molecule has 2 aliphatic heterocycles. The van der Waals surface area contributed by atoms with Gasteiger partial charge in [-0.3, -0.25) is 4.79 Å². The van der Waals surface area contributed by atoms with Crippen molar-refractivity contribution in [2.75, 3.05) is 53.0 Å². The number of hydrogen-bond donors (Lipinski definition) is 1. The lowest BCUT2D eigenvalue weighted by Crippen LogP contribution is -2.51. The predicted octanol–water partition coefficient (Wildman–Crippen LogP) is -1.14. The summed E-state index contributed by atoms with van der Waals surface area (Å²) >= 11 is 0. The first kappa shape index (κ1) is 15.7. The zero-order valence-corrected chi connectivity index (χ0v) is 12.7. The van der Waals surface area contributed by atoms with Crippen LogP contribution in [0.3, 0.4) is 0 Å². The molecule has 116 valence electrons. The van der Waals surface area contributed by atoms with Gasteiger partial charge in [0, 0.05) is 39.8 Å². The molecule has 0 aliphatic carbocycles. The summed E-state index contributed by atoms with van der Waals surface area (Å²) < 4.78 is 31.1. The van der Waals surface area contributed by atoms with E-state index in [0.717, 1.165) is 19.5 Å². The molecular formula is C12H23N3O4S. The van der Waals surface area contributed by atoms with E-state index in [1.165, 1.54) is 11.4 Å². The van der Waals surface area contributed by atoms with Gasteiger partial charge in [0.1, 0.15) is 0 Å². The lowest BCUT2D eigenvalue weighted by Gasteiger charge is -2.31. The van der Waals surface area contributed by atoms with Gasteiger partial charge >= 0.3 is 0 Å². The van der Waals surface area contributed by atoms with Gasteiger partial charge in [0.15, 0.2) is 0 Å². The molecule has 2 rings (SSSR count). The molecule has 20 heavy (non-hydrogen) atoms. The Labute approximate surface area is 120 Å². The zero-order valence-electron chi connectivity index (χ0n) is 11.9. The van der Waals surface area contributed by atoms with Crippen LogP contribution in [0.5, 0.6) is 0 Å². The first-order valence-corrected chi connectivity index (χ1v) is 8.53. The number of ether oxygens (including phenoxy) is 1. The van der Waals surface area contributed by atoms with Crippen LogP contribution in [-0.2, 0) is 19.6 Å². The third-order valence-electron chi connectivity index (χ3n) is 3.80. The second-order valence-corrected chi connectivity index (χ2v) is 7.59. The van der Waals surface area contributed by atoms with E-state index in [1.54, 1.807) is 4.90 Å². The van der Waals surface area contributed by atoms with Crippen molar-refractivity contribution < 1.29 is 17.9 Å². The van der Waals surface area contributed by atoms with Crippen molar-refractivity contribution in [2.45, 2.75) is 18.1 Å². The highest BCUT2D eigenvalue weighted by molar-refractivity contribution is 7.89. The van der Waals surface area contributed by atoms with Crippen molar-refractivity contribution in [3.8, 4) is 0 Å². The van der Waals surface area contributed by atoms with Gasteiger partial charge < -0.3 is 15.0 Å². The van der Waals surface area contributed by atoms with Crippen LogP contribution in [0.2, 0.25) is 0 Å². The number of likely N-dealkylation sites (N-methyl/N-ethyl adjacent to an activating group) is 1. The highest BCUT2D eigenvalue weighted by atomic mass is 32.2. The molecule has 7 nitrogen and oxygen atoms in total. The van der Waals surface area contributed by atoms with Crippen LogP contribution in [0.25, 0.3) is 0 Å². The summed E-state index contributed by atoms with van der Waals surface area (Å²) in [6, 6.07) is 0. The van der Waals surface area contributed by atoms with Crippen molar-refractivity contribution in [2.24, 2.45) is 0 Å². The maximum atomic E-state index is 12.4. The Morgan fingerprint density at radius 1 is 1.40 bits per heavy atom. The Hall–Kier alpha value is -0.700. The summed E-state index contributed by atoms with van der Waals surface area (Å²) in [5.74, 6) is -0.130. The molecule has 1 N–H and O–H groups in total. The molecular weight excluding hydrogens is 282 g/mol. The van der Waals surface area contributed by atoms with Crippen LogP contribution in [0.1, 0.15) is 12.8 Å². The Balaban J connectivity index is 1.92. The molecule has 2 saturated heterocycles. The van der Waals surface area contributed by atoms with Crippen LogP contribution >= 0.6 is 0 Å². The summed E-state index contributed by atoms with van der Waals surface area (Å²) in [4.78, 5) is 13.8. The van der Waals surface area contributed by atoms with Gasteiger partial charge in [0.25, 0.3) is 0 Å². The minimum Gasteiger partial charge on any atom is -0.380 e. The molecule has 1 atom stereocenters. The highest BCUT2D eigenvalue weighted by Crippen LogP contribution is 2.17. The van der Waals surface area contributed by atoms with E-state index < -0.39 is 15.3 Å². The monoisotopic (exact) mass is 305 g/mol. The van der Waals surface area contributed by atoms with Gasteiger partial charge in [-0.15, -0.1) is 0 Å². The standard InChI is InChI=1S/C12H23N3O4S/c1-14(9-12(16)15-6-4-13-5-7-15)20(17,18)11-3-2-8-19-10-11/h11,13H,2-10H2,1H3. The van der Waals surface area contributed by atoms with E-state index in [-0.39, 0.29) is 19.1 Å². The number of carbonyl (C=O) groups is 1. The number of hydrogen-bond acceptors (Lipinski definition) is 5. The number of sulfonamides is 1. The molecule has 0 saturated carbocycles. The third-order valence-corrected chi connectivity index (χ3v) is 6.01. The van der Waals surface area contributed by atoms with E-state index in [4.69, 9.17) is 4.74 Å². The van der Waals surface area contributed by atoms with E-state index in [2.05, 4.69) is 5.32 Å². The van der Waals surface area contributed by atoms with Crippen molar-refractivity contribution in [1.29, 1.82) is 0 Å². The number of piperazine rings is 1. The summed E-state index contributed by atoms with van der Waals surface area (Å²) in [5, 5.41) is 2.65. The molecule has 0 aromatic rings. The summed E-state index contributed by atoms with van der Waals surface area (Å²) in [6.45, 7) is 3.57. The Morgan fingerprint density at radius 3 is 2.70 bits per heavy atom. The summed E-state index contributed by atoms with van der Waals surface area (Å²) in [5.41, 5.74) is 0. The zero-order chi connectivity index (χ0) is 14.6. The average molecular weight is 305 g/mol. The van der Waals surface area contributed by atoms with Gasteiger partial charge in [-0.25, -0.2) is 8.42 Å². The van der Waals surface area contributed by atoms with E-state index >= 15 is 0 Å². The Kier molecular flexibility index (Phi) is 5.36. The first-order chi connectivity index (χ1) is 9.51. The molecule has 1 unspecified atom stereocenters. The van der Waals surface area contributed by atoms with E-state index in [9.17, 15) is 13.2 Å². The molecule has 2 aliphatic rings. The molecule has 0 radical (unpaired) electrons. The molecule has 8 heteroatoms. The summed E-state index contributed by atoms with van der Waals surface area (Å²) in [7, 11) is -1.97. The van der Waals surface area contributed by atoms with Crippen molar-refractivity contribution >= 4 is 15.9 Å². The Bertz CT molecular complexity index is 428. The SMILES string of the molecule is CN(CC(=O)N1CCNCC1)S(=O)(=O)C1CCCOC1. The van der Waals surface area contributed by atoms with Crippen LogP contribution in [0.4, 0.5) is 0 Å². The van der Waals surface area contributed by atoms with Gasteiger partial charge in [-0.1, -0.05) is 0 Å². The molecule has 0 aromatic carbocycles. The Morgan fingerprint density at radius 2 is 2.10 bits per heavy atom. The second kappa shape index (κ2) is 6.84. The molecule has 0 aromatic heterocycles. The van der Waals surface area contributed by atoms with Gasteiger partial charge in [-0.05, 0) is 12.8 Å². The van der Waals surface area contributed by atoms with Crippen LogP contribution < -0.4 is 5.32 Å². The highest BCUT2D eigenvalue weighted by Gasteiger charge is 2.33. The molecule has 2 heterocycles. The number of nitrogens with zero attached hydrogens (tertiary/aromatic N) is 2. The number of nitrogens with one attached hydrogen (secondary N) is 1. The quantitative estimate of drug-likeness (QED) is 0.710. The predicted molar refractivity (Wildman–Crippen MR) is 74.8 cm³/mol. The summed E-state index contributed by atoms with van der Waals surface area (Å²) in [6.07, 6.45) is 1.36. The number of carbonyl (C=O) groups excluding carboxylic acids is 1. The van der Waals surface area contributed by atoms with Crippen LogP contribution in [0, 0.1) is 0 Å². The number of rotatable bonds is 4. The van der Waals surface area contributed by atoms with Crippen molar-refractivity contribution in [1.82, 2.24) is 14.5 Å². The maximum absolute atomic E-state index is 12.4. The van der Waals surface area contributed by atoms with E-state index in [1.807, 2.05) is 0 Å². The van der Waals surface area contributed by atoms with Gasteiger partial charge in [0.2, 0.25) is 15.9 Å². The number of amides is 1. The van der Waals surface area contributed by atoms with Crippen LogP contribution in [-0.4, -0.2) is 81.8 Å². The molecule has 0 bridgehead atoms. The minimum atomic E-state index is -3.45. The molecule has 1 amide bonds. The maximum Gasteiger partial charge on any atom is 0.237 e. The topological polar surface area (TPSA) is 79.0 Å². The third kappa shape index (κ3) is 3.69. The van der Waals surface area contributed by atoms with E-state index in [0.29, 0.717) is 26.1 Å². The molecule has 0 spiro atoms. The fourth-order valence-corrected chi connectivity index (χ4v) is 4.03.